The van der Waals surface area contributed by atoms with Gasteiger partial charge in [-0.05, 0) is 18.5 Å². The topological polar surface area (TPSA) is 94.2 Å². The molecule has 0 saturated heterocycles. The third kappa shape index (κ3) is 2.29. The summed E-state index contributed by atoms with van der Waals surface area (Å²) in [7, 11) is 1.91. The van der Waals surface area contributed by atoms with E-state index in [1.165, 1.54) is 0 Å². The van der Waals surface area contributed by atoms with E-state index < -0.39 is 12.2 Å². The van der Waals surface area contributed by atoms with Gasteiger partial charge in [0.2, 0.25) is 0 Å². The summed E-state index contributed by atoms with van der Waals surface area (Å²) in [6.07, 6.45) is -2.18. The van der Waals surface area contributed by atoms with Crippen molar-refractivity contribution in [3.05, 3.63) is 46.0 Å². The van der Waals surface area contributed by atoms with Gasteiger partial charge in [-0.15, -0.1) is 0 Å². The lowest BCUT2D eigenvalue weighted by Crippen LogP contribution is -2.21. The normalized spacial score (nSPS) is 14.1. The quantitative estimate of drug-likeness (QED) is 0.501. The summed E-state index contributed by atoms with van der Waals surface area (Å²) >= 11 is 0. The van der Waals surface area contributed by atoms with E-state index in [-0.39, 0.29) is 6.54 Å². The Morgan fingerprint density at radius 2 is 2.05 bits per heavy atom. The van der Waals surface area contributed by atoms with E-state index in [2.05, 4.69) is 10.0 Å². The van der Waals surface area contributed by atoms with Gasteiger partial charge < -0.3 is 14.8 Å². The average molecular weight is 260 g/mol. The Balaban J connectivity index is 2.50. The molecule has 0 amide bonds. The van der Waals surface area contributed by atoms with Crippen molar-refractivity contribution in [1.82, 2.24) is 4.57 Å². The van der Waals surface area contributed by atoms with Gasteiger partial charge in [0, 0.05) is 34.1 Å². The number of nitrogens with zero attached hydrogens (tertiary/aromatic N) is 4. The van der Waals surface area contributed by atoms with Crippen molar-refractivity contribution in [1.29, 1.82) is 0 Å². The van der Waals surface area contributed by atoms with Crippen LogP contribution in [0.4, 0.5) is 0 Å². The van der Waals surface area contributed by atoms with Gasteiger partial charge in [-0.2, -0.15) is 0 Å². The van der Waals surface area contributed by atoms with Crippen molar-refractivity contribution in [2.45, 2.75) is 19.1 Å². The molecular weight excluding hydrogens is 244 g/mol. The van der Waals surface area contributed by atoms with Gasteiger partial charge >= 0.3 is 0 Å². The molecule has 2 rings (SSSR count). The maximum Gasteiger partial charge on any atom is 0.107 e. The molecule has 100 valence electrons. The van der Waals surface area contributed by atoms with Crippen LogP contribution in [0, 0.1) is 6.92 Å². The van der Waals surface area contributed by atoms with Gasteiger partial charge in [-0.25, -0.2) is 0 Å². The second-order valence-corrected chi connectivity index (χ2v) is 4.50. The second kappa shape index (κ2) is 5.32. The van der Waals surface area contributed by atoms with Crippen LogP contribution in [0.2, 0.25) is 0 Å². The fraction of sp³-hybridized carbons (Fsp3) is 0.385. The number of aliphatic hydroxyl groups is 2. The molecule has 0 aliphatic rings. The molecule has 0 bridgehead atoms. The van der Waals surface area contributed by atoms with Crippen molar-refractivity contribution in [2.24, 2.45) is 12.2 Å². The molecule has 2 N–H and O–H groups in total. The Morgan fingerprint density at radius 1 is 1.37 bits per heavy atom. The summed E-state index contributed by atoms with van der Waals surface area (Å²) < 4.78 is 1.97. The third-order valence-corrected chi connectivity index (χ3v) is 3.44. The largest absolute Gasteiger partial charge is 0.390 e. The van der Waals surface area contributed by atoms with Crippen LogP contribution in [-0.2, 0) is 7.05 Å². The summed E-state index contributed by atoms with van der Waals surface area (Å²) in [5.74, 6) is 0. The van der Waals surface area contributed by atoms with E-state index in [0.29, 0.717) is 5.56 Å². The fourth-order valence-electron chi connectivity index (χ4n) is 2.34. The number of hydrogen-bond donors (Lipinski definition) is 2. The van der Waals surface area contributed by atoms with Crippen LogP contribution in [0.25, 0.3) is 21.3 Å². The molecule has 1 heterocycles. The predicted molar refractivity (Wildman–Crippen MR) is 72.6 cm³/mol. The number of para-hydroxylation sites is 1. The predicted octanol–water partition coefficient (Wildman–Crippen LogP) is 2.19. The highest BCUT2D eigenvalue weighted by Gasteiger charge is 2.24. The molecule has 6 heteroatoms. The Labute approximate surface area is 110 Å². The van der Waals surface area contributed by atoms with Gasteiger partial charge in [0.1, 0.15) is 6.10 Å². The van der Waals surface area contributed by atoms with E-state index in [9.17, 15) is 10.2 Å². The summed E-state index contributed by atoms with van der Waals surface area (Å²) in [5.41, 5.74) is 10.8. The molecule has 19 heavy (non-hydrogen) atoms. The molecule has 2 atom stereocenters. The first kappa shape index (κ1) is 13.4. The van der Waals surface area contributed by atoms with Crippen LogP contribution in [0.15, 0.2) is 29.4 Å². The lowest BCUT2D eigenvalue weighted by molar-refractivity contribution is 0.0248. The second-order valence-electron chi connectivity index (χ2n) is 4.50. The molecular formula is C13H16N4O2. The summed E-state index contributed by atoms with van der Waals surface area (Å²) in [6, 6.07) is 7.67. The van der Waals surface area contributed by atoms with Crippen molar-refractivity contribution >= 4 is 10.9 Å². The Bertz CT molecular complexity index is 643. The van der Waals surface area contributed by atoms with Gasteiger partial charge in [0.05, 0.1) is 12.6 Å². The number of azide groups is 1. The minimum absolute atomic E-state index is 0.152. The molecule has 0 aliphatic carbocycles. The van der Waals surface area contributed by atoms with Crippen LogP contribution >= 0.6 is 0 Å². The molecule has 0 radical (unpaired) electrons. The lowest BCUT2D eigenvalue weighted by atomic mass is 10.0. The van der Waals surface area contributed by atoms with Gasteiger partial charge in [0.25, 0.3) is 0 Å². The van der Waals surface area contributed by atoms with Crippen LogP contribution in [0.3, 0.4) is 0 Å². The molecule has 2 unspecified atom stereocenters. The summed E-state index contributed by atoms with van der Waals surface area (Å²) in [4.78, 5) is 2.59. The molecule has 2 aromatic rings. The Morgan fingerprint density at radius 3 is 2.74 bits per heavy atom. The molecule has 6 nitrogen and oxygen atoms in total. The number of hydrogen-bond acceptors (Lipinski definition) is 3. The maximum absolute atomic E-state index is 10.3. The van der Waals surface area contributed by atoms with E-state index in [1.807, 2.05) is 42.8 Å². The standard InChI is InChI=1S/C13H16N4O2/c1-8-12(13(19)11(18)7-15-16-14)9-5-3-4-6-10(9)17(8)2/h3-6,11,13,18-19H,7H2,1-2H3. The van der Waals surface area contributed by atoms with Crippen molar-refractivity contribution in [2.75, 3.05) is 6.54 Å². The highest BCUT2D eigenvalue weighted by molar-refractivity contribution is 5.85. The van der Waals surface area contributed by atoms with Crippen molar-refractivity contribution < 1.29 is 10.2 Å². The molecule has 0 fully saturated rings. The van der Waals surface area contributed by atoms with Crippen LogP contribution < -0.4 is 0 Å². The first-order valence-corrected chi connectivity index (χ1v) is 5.98. The minimum atomic E-state index is -1.11. The van der Waals surface area contributed by atoms with E-state index in [4.69, 9.17) is 5.53 Å². The van der Waals surface area contributed by atoms with Crippen molar-refractivity contribution in [3.63, 3.8) is 0 Å². The van der Waals surface area contributed by atoms with Crippen LogP contribution in [0.5, 0.6) is 0 Å². The van der Waals surface area contributed by atoms with E-state index >= 15 is 0 Å². The number of aryl methyl sites for hydroxylation is 1. The third-order valence-electron chi connectivity index (χ3n) is 3.44. The smallest absolute Gasteiger partial charge is 0.107 e. The van der Waals surface area contributed by atoms with E-state index in [1.54, 1.807) is 0 Å². The van der Waals surface area contributed by atoms with Crippen LogP contribution in [-0.4, -0.2) is 27.4 Å². The molecule has 0 aliphatic heterocycles. The number of rotatable bonds is 4. The number of benzene rings is 1. The molecule has 1 aromatic heterocycles. The Kier molecular flexibility index (Phi) is 3.76. The molecule has 0 spiro atoms. The molecule has 1 aromatic carbocycles. The fourth-order valence-corrected chi connectivity index (χ4v) is 2.34. The highest BCUT2D eigenvalue weighted by Crippen LogP contribution is 2.31. The first-order chi connectivity index (χ1) is 9.07. The number of fused-ring (bicyclic) bond motifs is 1. The maximum atomic E-state index is 10.3. The monoisotopic (exact) mass is 260 g/mol. The zero-order valence-electron chi connectivity index (χ0n) is 10.9. The van der Waals surface area contributed by atoms with E-state index in [0.717, 1.165) is 16.6 Å². The van der Waals surface area contributed by atoms with Gasteiger partial charge in [-0.3, -0.25) is 0 Å². The van der Waals surface area contributed by atoms with Crippen molar-refractivity contribution in [3.8, 4) is 0 Å². The zero-order chi connectivity index (χ0) is 14.0. The lowest BCUT2D eigenvalue weighted by Gasteiger charge is -2.16. The zero-order valence-corrected chi connectivity index (χ0v) is 10.9. The summed E-state index contributed by atoms with van der Waals surface area (Å²) in [6.45, 7) is 1.74. The van der Waals surface area contributed by atoms with Gasteiger partial charge in [0.15, 0.2) is 0 Å². The average Bonchev–Trinajstić information content (AvgIpc) is 2.68. The highest BCUT2D eigenvalue weighted by atomic mass is 16.3. The number of aliphatic hydroxyl groups excluding tert-OH is 2. The van der Waals surface area contributed by atoms with Gasteiger partial charge in [-0.1, -0.05) is 23.3 Å². The SMILES string of the molecule is Cc1c(C(O)C(O)CN=[N+]=[N-])c2ccccc2n1C. The molecule has 0 saturated carbocycles. The van der Waals surface area contributed by atoms with Crippen LogP contribution in [0.1, 0.15) is 17.4 Å². The number of aromatic nitrogens is 1. The minimum Gasteiger partial charge on any atom is -0.390 e. The first-order valence-electron chi connectivity index (χ1n) is 5.98. The Hall–Kier alpha value is -2.01. The summed E-state index contributed by atoms with van der Waals surface area (Å²) in [5, 5.41) is 24.3.